The number of nitrogens with two attached hydrogens (primary N) is 1. The van der Waals surface area contributed by atoms with Crippen LogP contribution in [0.5, 0.6) is 0 Å². The zero-order valence-electron chi connectivity index (χ0n) is 8.02. The van der Waals surface area contributed by atoms with Gasteiger partial charge in [0.25, 0.3) is 0 Å². The van der Waals surface area contributed by atoms with Gasteiger partial charge in [-0.05, 0) is 0 Å². The Bertz CT molecular complexity index is 254. The first kappa shape index (κ1) is 9.26. The van der Waals surface area contributed by atoms with Gasteiger partial charge in [-0.25, -0.2) is 0 Å². The van der Waals surface area contributed by atoms with E-state index in [1.165, 1.54) is 0 Å². The van der Waals surface area contributed by atoms with Gasteiger partial charge in [-0.2, -0.15) is 0 Å². The Morgan fingerprint density at radius 1 is 1.57 bits per heavy atom. The molecule has 2 aliphatic heterocycles. The molecule has 2 rings (SSSR count). The molecule has 1 fully saturated rings. The van der Waals surface area contributed by atoms with E-state index in [-0.39, 0.29) is 12.2 Å². The molecule has 1 unspecified atom stereocenters. The number of nitrogens with zero attached hydrogens (tertiary/aromatic N) is 3. The second-order valence-corrected chi connectivity index (χ2v) is 3.42. The van der Waals surface area contributed by atoms with E-state index in [1.807, 2.05) is 11.2 Å². The predicted octanol–water partition coefficient (Wildman–Crippen LogP) is -1.12. The Labute approximate surface area is 82.8 Å². The van der Waals surface area contributed by atoms with Gasteiger partial charge >= 0.3 is 0 Å². The van der Waals surface area contributed by atoms with Gasteiger partial charge in [-0.15, -0.1) is 0 Å². The molecular weight excluding hydrogens is 182 g/mol. The van der Waals surface area contributed by atoms with Crippen molar-refractivity contribution in [2.75, 3.05) is 32.8 Å². The van der Waals surface area contributed by atoms with Crippen molar-refractivity contribution >= 4 is 12.3 Å². The number of nitrogens with one attached hydrogen (secondary N) is 1. The van der Waals surface area contributed by atoms with Gasteiger partial charge in [-0.1, -0.05) is 0 Å². The molecule has 0 aliphatic carbocycles. The fraction of sp³-hybridized carbons (Fsp3) is 0.750. The molecule has 2 heterocycles. The minimum Gasteiger partial charge on any atom is -0.370 e. The van der Waals surface area contributed by atoms with Gasteiger partial charge in [0.15, 0.2) is 5.96 Å². The highest BCUT2D eigenvalue weighted by atomic mass is 16.5. The molecule has 78 valence electrons. The molecule has 6 heteroatoms. The summed E-state index contributed by atoms with van der Waals surface area (Å²) in [6, 6.07) is 0. The zero-order valence-corrected chi connectivity index (χ0v) is 8.02. The Kier molecular flexibility index (Phi) is 2.53. The second kappa shape index (κ2) is 3.83. The third-order valence-corrected chi connectivity index (χ3v) is 2.48. The van der Waals surface area contributed by atoms with Crippen LogP contribution in [0.4, 0.5) is 0 Å². The van der Waals surface area contributed by atoms with Crippen molar-refractivity contribution in [2.24, 2.45) is 10.7 Å². The van der Waals surface area contributed by atoms with Crippen LogP contribution in [-0.2, 0) is 4.74 Å². The van der Waals surface area contributed by atoms with E-state index in [2.05, 4.69) is 9.89 Å². The third-order valence-electron chi connectivity index (χ3n) is 2.48. The summed E-state index contributed by atoms with van der Waals surface area (Å²) in [5.41, 5.74) is 5.43. The molecule has 2 aliphatic rings. The average Bonchev–Trinajstić information content (AvgIpc) is 2.71. The van der Waals surface area contributed by atoms with E-state index in [1.54, 1.807) is 0 Å². The first-order chi connectivity index (χ1) is 6.77. The molecule has 0 amide bonds. The molecule has 0 bridgehead atoms. The van der Waals surface area contributed by atoms with E-state index in [4.69, 9.17) is 15.9 Å². The van der Waals surface area contributed by atoms with Crippen LogP contribution in [0.3, 0.4) is 0 Å². The van der Waals surface area contributed by atoms with Crippen molar-refractivity contribution in [3.05, 3.63) is 0 Å². The Balaban J connectivity index is 1.93. The molecule has 6 nitrogen and oxygen atoms in total. The van der Waals surface area contributed by atoms with Gasteiger partial charge in [0, 0.05) is 13.1 Å². The van der Waals surface area contributed by atoms with Crippen LogP contribution >= 0.6 is 0 Å². The highest BCUT2D eigenvalue weighted by Crippen LogP contribution is 2.10. The number of rotatable bonds is 1. The summed E-state index contributed by atoms with van der Waals surface area (Å²) in [7, 11) is 0. The quantitative estimate of drug-likeness (QED) is 0.412. The normalized spacial score (nSPS) is 27.0. The Hall–Kier alpha value is -1.30. The molecule has 0 aromatic rings. The van der Waals surface area contributed by atoms with E-state index in [9.17, 15) is 0 Å². The Morgan fingerprint density at radius 3 is 3.07 bits per heavy atom. The number of aliphatic imine (C=N–C) groups is 1. The lowest BCUT2D eigenvalue weighted by molar-refractivity contribution is -0.0660. The molecule has 14 heavy (non-hydrogen) atoms. The van der Waals surface area contributed by atoms with Crippen molar-refractivity contribution in [2.45, 2.75) is 6.23 Å². The van der Waals surface area contributed by atoms with Crippen LogP contribution in [0.1, 0.15) is 0 Å². The van der Waals surface area contributed by atoms with Gasteiger partial charge in [0.05, 0.1) is 26.0 Å². The summed E-state index contributed by atoms with van der Waals surface area (Å²) in [4.78, 5) is 8.00. The average molecular weight is 197 g/mol. The predicted molar refractivity (Wildman–Crippen MR) is 53.3 cm³/mol. The lowest BCUT2D eigenvalue weighted by Crippen LogP contribution is -2.53. The van der Waals surface area contributed by atoms with Crippen LogP contribution in [-0.4, -0.2) is 61.1 Å². The molecule has 3 N–H and O–H groups in total. The summed E-state index contributed by atoms with van der Waals surface area (Å²) >= 11 is 0. The van der Waals surface area contributed by atoms with Gasteiger partial charge in [-0.3, -0.25) is 10.4 Å². The van der Waals surface area contributed by atoms with Crippen molar-refractivity contribution in [3.8, 4) is 0 Å². The number of hydrogen-bond donors (Lipinski definition) is 2. The van der Waals surface area contributed by atoms with Gasteiger partial charge < -0.3 is 20.3 Å². The molecular formula is C8H15N5O. The fourth-order valence-electron chi connectivity index (χ4n) is 1.66. The lowest BCUT2D eigenvalue weighted by atomic mass is 10.3. The van der Waals surface area contributed by atoms with Crippen molar-refractivity contribution < 1.29 is 4.74 Å². The molecule has 1 saturated heterocycles. The third kappa shape index (κ3) is 1.79. The first-order valence-corrected chi connectivity index (χ1v) is 4.73. The van der Waals surface area contributed by atoms with Crippen molar-refractivity contribution in [1.82, 2.24) is 9.80 Å². The summed E-state index contributed by atoms with van der Waals surface area (Å²) in [6.07, 6.45) is 1.81. The topological polar surface area (TPSA) is 77.9 Å². The summed E-state index contributed by atoms with van der Waals surface area (Å²) in [6.45, 7) is 3.71. The van der Waals surface area contributed by atoms with Crippen LogP contribution in [0.25, 0.3) is 0 Å². The van der Waals surface area contributed by atoms with Gasteiger partial charge in [0.2, 0.25) is 0 Å². The number of ether oxygens (including phenoxy) is 1. The molecule has 0 aromatic carbocycles. The van der Waals surface area contributed by atoms with Crippen molar-refractivity contribution in [3.63, 3.8) is 0 Å². The van der Waals surface area contributed by atoms with E-state index >= 15 is 0 Å². The fourth-order valence-corrected chi connectivity index (χ4v) is 1.66. The molecule has 0 radical (unpaired) electrons. The Morgan fingerprint density at radius 2 is 2.43 bits per heavy atom. The minimum absolute atomic E-state index is 0.00102. The maximum Gasteiger partial charge on any atom is 0.188 e. The molecule has 0 saturated carbocycles. The van der Waals surface area contributed by atoms with Gasteiger partial charge in [0.1, 0.15) is 6.23 Å². The van der Waals surface area contributed by atoms with Crippen LogP contribution in [0, 0.1) is 5.41 Å². The summed E-state index contributed by atoms with van der Waals surface area (Å²) < 4.78 is 5.58. The van der Waals surface area contributed by atoms with Crippen molar-refractivity contribution in [1.29, 1.82) is 5.41 Å². The highest BCUT2D eigenvalue weighted by Gasteiger charge is 2.26. The smallest absolute Gasteiger partial charge is 0.188 e. The van der Waals surface area contributed by atoms with Crippen LogP contribution in [0.15, 0.2) is 4.99 Å². The largest absolute Gasteiger partial charge is 0.370 e. The maximum absolute atomic E-state index is 7.35. The van der Waals surface area contributed by atoms with Crippen LogP contribution in [0.2, 0.25) is 0 Å². The van der Waals surface area contributed by atoms with E-state index < -0.39 is 0 Å². The number of morpholine rings is 1. The number of guanidine groups is 1. The van der Waals surface area contributed by atoms with Crippen LogP contribution < -0.4 is 5.73 Å². The molecule has 0 aromatic heterocycles. The monoisotopic (exact) mass is 197 g/mol. The lowest BCUT2D eigenvalue weighted by Gasteiger charge is -2.37. The standard InChI is InChI=1S/C8H15N5O/c9-8(10)12-3-4-14-7(5-12)13-2-1-11-6-13/h6-7H,1-5H2,(H3,9,10). The number of hydrogen-bond acceptors (Lipinski definition) is 4. The SMILES string of the molecule is N=C(N)N1CCOC(N2C=NCC2)C1. The minimum atomic E-state index is -0.00102. The molecule has 1 atom stereocenters. The summed E-state index contributed by atoms with van der Waals surface area (Å²) in [5.74, 6) is 0.120. The van der Waals surface area contributed by atoms with E-state index in [0.717, 1.165) is 13.1 Å². The second-order valence-electron chi connectivity index (χ2n) is 3.42. The maximum atomic E-state index is 7.35. The molecule has 0 spiro atoms. The highest BCUT2D eigenvalue weighted by molar-refractivity contribution is 5.74. The zero-order chi connectivity index (χ0) is 9.97. The van der Waals surface area contributed by atoms with E-state index in [0.29, 0.717) is 19.7 Å². The summed E-state index contributed by atoms with van der Waals surface area (Å²) in [5, 5.41) is 7.35. The first-order valence-electron chi connectivity index (χ1n) is 4.73.